The van der Waals surface area contributed by atoms with Gasteiger partial charge in [-0.1, -0.05) is 6.92 Å². The van der Waals surface area contributed by atoms with Gasteiger partial charge in [-0.05, 0) is 26.7 Å². The summed E-state index contributed by atoms with van der Waals surface area (Å²) in [5.74, 6) is 0.117. The first kappa shape index (κ1) is 13.6. The zero-order valence-corrected chi connectivity index (χ0v) is 10.1. The first-order valence-corrected chi connectivity index (χ1v) is 5.14. The molecule has 84 valence electrons. The molecule has 14 heavy (non-hydrogen) atoms. The van der Waals surface area contributed by atoms with Crippen LogP contribution in [0.2, 0.25) is 0 Å². The van der Waals surface area contributed by atoms with Gasteiger partial charge in [-0.25, -0.2) is 4.79 Å². The number of hydrogen-bond donors (Lipinski definition) is 3. The lowest BCUT2D eigenvalue weighted by atomic mass is 10.2. The number of rotatable bonds is 3. The van der Waals surface area contributed by atoms with Gasteiger partial charge in [0.2, 0.25) is 0 Å². The second kappa shape index (κ2) is 5.46. The number of nitrogens with two attached hydrogens (primary N) is 1. The van der Waals surface area contributed by atoms with E-state index in [9.17, 15) is 4.79 Å². The van der Waals surface area contributed by atoms with Crippen molar-refractivity contribution in [3.8, 4) is 0 Å². The quantitative estimate of drug-likeness (QED) is 0.497. The number of carbonyl (C=O) groups is 1. The molecule has 0 spiro atoms. The maximum Gasteiger partial charge on any atom is 0.407 e. The number of amides is 1. The predicted octanol–water partition coefficient (Wildman–Crippen LogP) is 1.36. The summed E-state index contributed by atoms with van der Waals surface area (Å²) in [6.45, 7) is 7.84. The van der Waals surface area contributed by atoms with Gasteiger partial charge in [-0.3, -0.25) is 0 Å². The van der Waals surface area contributed by atoms with Crippen LogP contribution in [0.25, 0.3) is 0 Å². The normalized spacial score (nSPS) is 15.9. The maximum atomic E-state index is 11.2. The molecule has 5 heteroatoms. The zero-order valence-electron chi connectivity index (χ0n) is 9.20. The maximum absolute atomic E-state index is 11.2. The van der Waals surface area contributed by atoms with Crippen molar-refractivity contribution in [1.29, 1.82) is 0 Å². The average Bonchev–Trinajstić information content (AvgIpc) is 1.96. The molecule has 0 saturated heterocycles. The summed E-state index contributed by atoms with van der Waals surface area (Å²) >= 11 is 4.07. The van der Waals surface area contributed by atoms with Crippen molar-refractivity contribution in [1.82, 2.24) is 5.32 Å². The van der Waals surface area contributed by atoms with E-state index in [1.54, 1.807) is 0 Å². The van der Waals surface area contributed by atoms with Gasteiger partial charge in [-0.2, -0.15) is 12.6 Å². The summed E-state index contributed by atoms with van der Waals surface area (Å²) in [6, 6.07) is 0. The highest BCUT2D eigenvalue weighted by Crippen LogP contribution is 2.07. The number of nitrogens with one attached hydrogen (secondary N) is 1. The molecule has 0 aliphatic rings. The molecule has 0 bridgehead atoms. The van der Waals surface area contributed by atoms with Crippen molar-refractivity contribution in [2.75, 3.05) is 6.54 Å². The standard InChI is InChI=1S/C9H20N2O2S/c1-6(7(10)14)5-11-8(12)13-9(2,3)4/h6-7,14H,5,10H2,1-4H3,(H,11,12). The molecule has 0 rings (SSSR count). The first-order chi connectivity index (χ1) is 6.22. The molecule has 3 N–H and O–H groups in total. The Labute approximate surface area is 91.0 Å². The Morgan fingerprint density at radius 1 is 1.57 bits per heavy atom. The van der Waals surface area contributed by atoms with Crippen LogP contribution in [-0.2, 0) is 4.74 Å². The topological polar surface area (TPSA) is 64.3 Å². The van der Waals surface area contributed by atoms with E-state index in [4.69, 9.17) is 10.5 Å². The number of thiol groups is 1. The highest BCUT2D eigenvalue weighted by molar-refractivity contribution is 7.80. The molecular weight excluding hydrogens is 200 g/mol. The molecule has 0 heterocycles. The van der Waals surface area contributed by atoms with E-state index in [1.165, 1.54) is 0 Å². The van der Waals surface area contributed by atoms with E-state index in [-0.39, 0.29) is 11.3 Å². The lowest BCUT2D eigenvalue weighted by molar-refractivity contribution is 0.0520. The lowest BCUT2D eigenvalue weighted by Gasteiger charge is -2.21. The van der Waals surface area contributed by atoms with Gasteiger partial charge >= 0.3 is 6.09 Å². The highest BCUT2D eigenvalue weighted by atomic mass is 32.1. The van der Waals surface area contributed by atoms with Crippen molar-refractivity contribution >= 4 is 18.7 Å². The summed E-state index contributed by atoms with van der Waals surface area (Å²) < 4.78 is 5.05. The van der Waals surface area contributed by atoms with Crippen molar-refractivity contribution in [2.24, 2.45) is 11.7 Å². The second-order valence-corrected chi connectivity index (χ2v) is 4.95. The van der Waals surface area contributed by atoms with Crippen LogP contribution >= 0.6 is 12.6 Å². The van der Waals surface area contributed by atoms with Crippen LogP contribution in [0.15, 0.2) is 0 Å². The van der Waals surface area contributed by atoms with Gasteiger partial charge < -0.3 is 15.8 Å². The molecule has 0 aromatic carbocycles. The van der Waals surface area contributed by atoms with E-state index in [0.29, 0.717) is 6.54 Å². The molecule has 0 aliphatic heterocycles. The molecule has 0 saturated carbocycles. The molecule has 0 aromatic rings. The van der Waals surface area contributed by atoms with E-state index in [1.807, 2.05) is 27.7 Å². The van der Waals surface area contributed by atoms with Crippen LogP contribution < -0.4 is 11.1 Å². The third kappa shape index (κ3) is 7.03. The van der Waals surface area contributed by atoms with Gasteiger partial charge in [0.1, 0.15) is 5.60 Å². The number of alkyl carbamates (subject to hydrolysis) is 1. The number of ether oxygens (including phenoxy) is 1. The minimum absolute atomic E-state index is 0.117. The third-order valence-corrected chi connectivity index (χ3v) is 2.06. The largest absolute Gasteiger partial charge is 0.444 e. The van der Waals surface area contributed by atoms with Crippen LogP contribution in [0.4, 0.5) is 4.79 Å². The number of carbonyl (C=O) groups excluding carboxylic acids is 1. The molecule has 1 amide bonds. The second-order valence-electron chi connectivity index (χ2n) is 4.35. The lowest BCUT2D eigenvalue weighted by Crippen LogP contribution is -2.38. The van der Waals surface area contributed by atoms with Crippen LogP contribution in [-0.4, -0.2) is 23.6 Å². The average molecular weight is 220 g/mol. The molecule has 0 fully saturated rings. The summed E-state index contributed by atoms with van der Waals surface area (Å²) in [5.41, 5.74) is 5.06. The van der Waals surface area contributed by atoms with Crippen LogP contribution in [0.5, 0.6) is 0 Å². The predicted molar refractivity (Wildman–Crippen MR) is 60.4 cm³/mol. The summed E-state index contributed by atoms with van der Waals surface area (Å²) in [6.07, 6.45) is -0.418. The summed E-state index contributed by atoms with van der Waals surface area (Å²) in [5, 5.41) is 2.40. The van der Waals surface area contributed by atoms with E-state index in [0.717, 1.165) is 0 Å². The molecule has 0 radical (unpaired) electrons. The smallest absolute Gasteiger partial charge is 0.407 e. The Morgan fingerprint density at radius 3 is 2.43 bits per heavy atom. The Bertz CT molecular complexity index is 190. The minimum atomic E-state index is -0.462. The van der Waals surface area contributed by atoms with Gasteiger partial charge in [0.05, 0.1) is 5.37 Å². The van der Waals surface area contributed by atoms with Crippen molar-refractivity contribution in [3.63, 3.8) is 0 Å². The van der Waals surface area contributed by atoms with Gasteiger partial charge in [0, 0.05) is 6.54 Å². The van der Waals surface area contributed by atoms with Crippen molar-refractivity contribution < 1.29 is 9.53 Å². The Balaban J connectivity index is 3.75. The van der Waals surface area contributed by atoms with E-state index >= 15 is 0 Å². The highest BCUT2D eigenvalue weighted by Gasteiger charge is 2.17. The molecule has 2 unspecified atom stereocenters. The fourth-order valence-electron chi connectivity index (χ4n) is 0.679. The fraction of sp³-hybridized carbons (Fsp3) is 0.889. The number of hydrogen-bond acceptors (Lipinski definition) is 4. The molecule has 2 atom stereocenters. The van der Waals surface area contributed by atoms with Gasteiger partial charge in [0.15, 0.2) is 0 Å². The Morgan fingerprint density at radius 2 is 2.07 bits per heavy atom. The Kier molecular flexibility index (Phi) is 5.29. The SMILES string of the molecule is CC(CNC(=O)OC(C)(C)C)C(N)S. The zero-order chi connectivity index (χ0) is 11.4. The van der Waals surface area contributed by atoms with Crippen LogP contribution in [0.3, 0.4) is 0 Å². The third-order valence-electron chi connectivity index (χ3n) is 1.55. The first-order valence-electron chi connectivity index (χ1n) is 4.63. The van der Waals surface area contributed by atoms with Crippen LogP contribution in [0, 0.1) is 5.92 Å². The van der Waals surface area contributed by atoms with E-state index in [2.05, 4.69) is 17.9 Å². The van der Waals surface area contributed by atoms with Gasteiger partial charge in [0.25, 0.3) is 0 Å². The van der Waals surface area contributed by atoms with Crippen LogP contribution in [0.1, 0.15) is 27.7 Å². The van der Waals surface area contributed by atoms with Crippen molar-refractivity contribution in [2.45, 2.75) is 38.7 Å². The molecular formula is C9H20N2O2S. The summed E-state index contributed by atoms with van der Waals surface area (Å²) in [4.78, 5) is 11.2. The van der Waals surface area contributed by atoms with Crippen molar-refractivity contribution in [3.05, 3.63) is 0 Å². The van der Waals surface area contributed by atoms with E-state index < -0.39 is 11.7 Å². The summed E-state index contributed by atoms with van der Waals surface area (Å²) in [7, 11) is 0. The Hall–Kier alpha value is -0.420. The molecule has 4 nitrogen and oxygen atoms in total. The fourth-order valence-corrected chi connectivity index (χ4v) is 0.785. The van der Waals surface area contributed by atoms with Gasteiger partial charge in [-0.15, -0.1) is 0 Å². The molecule has 0 aliphatic carbocycles. The molecule has 0 aromatic heterocycles. The minimum Gasteiger partial charge on any atom is -0.444 e. The monoisotopic (exact) mass is 220 g/mol.